The summed E-state index contributed by atoms with van der Waals surface area (Å²) in [5, 5.41) is 0.390. The SMILES string of the molecule is COc1ccccc1Cn1c(Cl)cnc1-c1ccc(C(F)(F)F)cc1. The highest BCUT2D eigenvalue weighted by atomic mass is 35.5. The molecule has 7 heteroatoms. The van der Waals surface area contributed by atoms with Crippen molar-refractivity contribution in [3.05, 3.63) is 71.0 Å². The molecular weight excluding hydrogens is 353 g/mol. The lowest BCUT2D eigenvalue weighted by Crippen LogP contribution is -2.06. The first kappa shape index (κ1) is 17.4. The molecule has 1 aromatic heterocycles. The number of methoxy groups -OCH3 is 1. The third kappa shape index (κ3) is 3.64. The standard InChI is InChI=1S/C18H14ClF3N2O/c1-25-15-5-3-2-4-13(15)11-24-16(19)10-23-17(24)12-6-8-14(9-7-12)18(20,21)22/h2-10H,11H2,1H3. The van der Waals surface area contributed by atoms with E-state index >= 15 is 0 Å². The molecule has 0 aliphatic rings. The molecule has 1 heterocycles. The quantitative estimate of drug-likeness (QED) is 0.628. The molecule has 0 saturated heterocycles. The van der Waals surface area contributed by atoms with Crippen molar-refractivity contribution >= 4 is 11.6 Å². The van der Waals surface area contributed by atoms with E-state index in [0.717, 1.165) is 17.7 Å². The molecule has 0 unspecified atom stereocenters. The van der Waals surface area contributed by atoms with Crippen LogP contribution >= 0.6 is 11.6 Å². The number of aromatic nitrogens is 2. The Balaban J connectivity index is 1.97. The Hall–Kier alpha value is -2.47. The van der Waals surface area contributed by atoms with Gasteiger partial charge in [0.25, 0.3) is 0 Å². The van der Waals surface area contributed by atoms with Gasteiger partial charge in [0.15, 0.2) is 0 Å². The summed E-state index contributed by atoms with van der Waals surface area (Å²) in [6.07, 6.45) is -2.90. The highest BCUT2D eigenvalue weighted by molar-refractivity contribution is 6.29. The smallest absolute Gasteiger partial charge is 0.416 e. The van der Waals surface area contributed by atoms with E-state index in [4.69, 9.17) is 16.3 Å². The molecule has 0 aliphatic carbocycles. The van der Waals surface area contributed by atoms with Crippen molar-refractivity contribution in [3.8, 4) is 17.1 Å². The van der Waals surface area contributed by atoms with Gasteiger partial charge in [0.1, 0.15) is 16.7 Å². The van der Waals surface area contributed by atoms with Gasteiger partial charge >= 0.3 is 6.18 Å². The monoisotopic (exact) mass is 366 g/mol. The summed E-state index contributed by atoms with van der Waals surface area (Å²) in [7, 11) is 1.57. The summed E-state index contributed by atoms with van der Waals surface area (Å²) in [4.78, 5) is 4.24. The molecule has 0 spiro atoms. The summed E-state index contributed by atoms with van der Waals surface area (Å²) in [5.74, 6) is 1.19. The Morgan fingerprint density at radius 1 is 1.08 bits per heavy atom. The van der Waals surface area contributed by atoms with Crippen LogP contribution in [0.5, 0.6) is 5.75 Å². The van der Waals surface area contributed by atoms with E-state index in [2.05, 4.69) is 4.98 Å². The lowest BCUT2D eigenvalue weighted by molar-refractivity contribution is -0.137. The molecular formula is C18H14ClF3N2O. The Bertz CT molecular complexity index is 873. The lowest BCUT2D eigenvalue weighted by atomic mass is 10.1. The van der Waals surface area contributed by atoms with Crippen LogP contribution in [0.4, 0.5) is 13.2 Å². The highest BCUT2D eigenvalue weighted by Crippen LogP contribution is 2.32. The number of hydrogen-bond acceptors (Lipinski definition) is 2. The predicted octanol–water partition coefficient (Wildman–Crippen LogP) is 5.28. The molecule has 0 atom stereocenters. The first-order valence-corrected chi connectivity index (χ1v) is 7.78. The number of alkyl halides is 3. The van der Waals surface area contributed by atoms with Crippen molar-refractivity contribution in [3.63, 3.8) is 0 Å². The van der Waals surface area contributed by atoms with Crippen molar-refractivity contribution in [2.24, 2.45) is 0 Å². The fourth-order valence-corrected chi connectivity index (χ4v) is 2.74. The van der Waals surface area contributed by atoms with Gasteiger partial charge in [0.05, 0.1) is 25.4 Å². The van der Waals surface area contributed by atoms with Crippen LogP contribution < -0.4 is 4.74 Å². The topological polar surface area (TPSA) is 27.1 Å². The number of hydrogen-bond donors (Lipinski definition) is 0. The summed E-state index contributed by atoms with van der Waals surface area (Å²) in [6, 6.07) is 12.3. The van der Waals surface area contributed by atoms with Gasteiger partial charge in [-0.25, -0.2) is 4.98 Å². The minimum atomic E-state index is -4.37. The molecule has 3 aromatic rings. The Morgan fingerprint density at radius 2 is 1.76 bits per heavy atom. The molecule has 130 valence electrons. The van der Waals surface area contributed by atoms with Gasteiger partial charge in [-0.2, -0.15) is 13.2 Å². The minimum absolute atomic E-state index is 0.388. The second-order valence-corrected chi connectivity index (χ2v) is 5.76. The predicted molar refractivity (Wildman–Crippen MR) is 89.8 cm³/mol. The molecule has 3 rings (SSSR count). The third-order valence-electron chi connectivity index (χ3n) is 3.80. The molecule has 0 amide bonds. The van der Waals surface area contributed by atoms with Crippen molar-refractivity contribution in [1.29, 1.82) is 0 Å². The van der Waals surface area contributed by atoms with Crippen LogP contribution in [0, 0.1) is 0 Å². The second-order valence-electron chi connectivity index (χ2n) is 5.38. The van der Waals surface area contributed by atoms with E-state index in [-0.39, 0.29) is 0 Å². The summed E-state index contributed by atoms with van der Waals surface area (Å²) in [5.41, 5.74) is 0.734. The number of nitrogens with zero attached hydrogens (tertiary/aromatic N) is 2. The van der Waals surface area contributed by atoms with Gasteiger partial charge < -0.3 is 9.30 Å². The zero-order valence-corrected chi connectivity index (χ0v) is 14.0. The van der Waals surface area contributed by atoms with Gasteiger partial charge in [0, 0.05) is 11.1 Å². The number of benzene rings is 2. The lowest BCUT2D eigenvalue weighted by Gasteiger charge is -2.13. The fourth-order valence-electron chi connectivity index (χ4n) is 2.55. The molecule has 2 aromatic carbocycles. The molecule has 0 bridgehead atoms. The molecule has 0 saturated carbocycles. The van der Waals surface area contributed by atoms with Crippen LogP contribution in [0.25, 0.3) is 11.4 Å². The fraction of sp³-hybridized carbons (Fsp3) is 0.167. The first-order valence-electron chi connectivity index (χ1n) is 7.40. The van der Waals surface area contributed by atoms with Crippen molar-refractivity contribution in [2.75, 3.05) is 7.11 Å². The van der Waals surface area contributed by atoms with Crippen molar-refractivity contribution in [2.45, 2.75) is 12.7 Å². The number of imidazole rings is 1. The number of halogens is 4. The zero-order valence-electron chi connectivity index (χ0n) is 13.2. The molecule has 0 fully saturated rings. The number of ether oxygens (including phenoxy) is 1. The maximum absolute atomic E-state index is 12.7. The van der Waals surface area contributed by atoms with Gasteiger partial charge in [-0.1, -0.05) is 41.9 Å². The average molecular weight is 367 g/mol. The van der Waals surface area contributed by atoms with Gasteiger partial charge in [0.2, 0.25) is 0 Å². The van der Waals surface area contributed by atoms with E-state index in [1.54, 1.807) is 11.7 Å². The summed E-state index contributed by atoms with van der Waals surface area (Å²) < 4.78 is 45.2. The maximum atomic E-state index is 12.7. The minimum Gasteiger partial charge on any atom is -0.496 e. The van der Waals surface area contributed by atoms with Gasteiger partial charge in [-0.3, -0.25) is 0 Å². The van der Waals surface area contributed by atoms with Crippen LogP contribution in [0.2, 0.25) is 5.15 Å². The van der Waals surface area contributed by atoms with Crippen molar-refractivity contribution in [1.82, 2.24) is 9.55 Å². The van der Waals surface area contributed by atoms with E-state index < -0.39 is 11.7 Å². The summed E-state index contributed by atoms with van der Waals surface area (Å²) in [6.45, 7) is 0.388. The molecule has 0 radical (unpaired) electrons. The Labute approximate surface area is 147 Å². The van der Waals surface area contributed by atoms with Crippen LogP contribution in [0.1, 0.15) is 11.1 Å². The summed E-state index contributed by atoms with van der Waals surface area (Å²) >= 11 is 6.22. The van der Waals surface area contributed by atoms with E-state index in [1.165, 1.54) is 18.3 Å². The van der Waals surface area contributed by atoms with Gasteiger partial charge in [-0.05, 0) is 18.2 Å². The van der Waals surface area contributed by atoms with Crippen LogP contribution in [-0.2, 0) is 12.7 Å². The van der Waals surface area contributed by atoms with E-state index in [1.807, 2.05) is 24.3 Å². The van der Waals surface area contributed by atoms with Crippen molar-refractivity contribution < 1.29 is 17.9 Å². The highest BCUT2D eigenvalue weighted by Gasteiger charge is 2.30. The zero-order chi connectivity index (χ0) is 18.0. The largest absolute Gasteiger partial charge is 0.496 e. The first-order chi connectivity index (χ1) is 11.9. The molecule has 25 heavy (non-hydrogen) atoms. The number of para-hydroxylation sites is 1. The Morgan fingerprint density at radius 3 is 2.40 bits per heavy atom. The van der Waals surface area contributed by atoms with E-state index in [9.17, 15) is 13.2 Å². The molecule has 3 nitrogen and oxygen atoms in total. The van der Waals surface area contributed by atoms with Crippen LogP contribution in [0.15, 0.2) is 54.7 Å². The van der Waals surface area contributed by atoms with Gasteiger partial charge in [-0.15, -0.1) is 0 Å². The molecule has 0 aliphatic heterocycles. The van der Waals surface area contributed by atoms with Crippen LogP contribution in [0.3, 0.4) is 0 Å². The third-order valence-corrected chi connectivity index (χ3v) is 4.10. The number of rotatable bonds is 4. The van der Waals surface area contributed by atoms with Crippen LogP contribution in [-0.4, -0.2) is 16.7 Å². The maximum Gasteiger partial charge on any atom is 0.416 e. The average Bonchev–Trinajstić information content (AvgIpc) is 2.95. The Kier molecular flexibility index (Phi) is 4.72. The second kappa shape index (κ2) is 6.80. The normalized spacial score (nSPS) is 11.6. The van der Waals surface area contributed by atoms with E-state index in [0.29, 0.717) is 28.8 Å². The molecule has 0 N–H and O–H groups in total.